The van der Waals surface area contributed by atoms with Crippen molar-refractivity contribution in [1.82, 2.24) is 9.97 Å². The summed E-state index contributed by atoms with van der Waals surface area (Å²) in [6.07, 6.45) is -4.55. The number of amides is 1. The Balaban J connectivity index is 1.94. The van der Waals surface area contributed by atoms with Crippen LogP contribution in [0, 0.1) is 0 Å². The molecule has 0 aliphatic carbocycles. The monoisotopic (exact) mass is 383 g/mol. The number of hydrogen-bond acceptors (Lipinski definition) is 4. The maximum absolute atomic E-state index is 12.6. The largest absolute Gasteiger partial charge is 0.416 e. The van der Waals surface area contributed by atoms with E-state index >= 15 is 0 Å². The molecule has 0 atom stereocenters. The van der Waals surface area contributed by atoms with Gasteiger partial charge in [-0.05, 0) is 36.4 Å². The molecule has 136 valence electrons. The molecule has 0 bridgehead atoms. The predicted octanol–water partition coefficient (Wildman–Crippen LogP) is 2.65. The smallest absolute Gasteiger partial charge is 0.366 e. The molecule has 0 spiro atoms. The summed E-state index contributed by atoms with van der Waals surface area (Å²) in [5.74, 6) is -1.22. The van der Waals surface area contributed by atoms with Gasteiger partial charge in [-0.3, -0.25) is 4.79 Å². The maximum atomic E-state index is 12.6. The fourth-order valence-electron chi connectivity index (χ4n) is 2.46. The van der Waals surface area contributed by atoms with Crippen molar-refractivity contribution in [2.75, 3.05) is 0 Å². The number of para-hydroxylation sites is 1. The number of aromatic nitrogens is 2. The first-order chi connectivity index (χ1) is 12.1. The van der Waals surface area contributed by atoms with Gasteiger partial charge in [-0.2, -0.15) is 13.2 Å². The second kappa shape index (κ2) is 6.13. The Kier molecular flexibility index (Phi) is 4.23. The van der Waals surface area contributed by atoms with Crippen LogP contribution in [0.4, 0.5) is 13.2 Å². The van der Waals surface area contributed by atoms with Crippen LogP contribution in [0.15, 0.2) is 47.4 Å². The summed E-state index contributed by atoms with van der Waals surface area (Å²) in [6, 6.07) is 7.83. The van der Waals surface area contributed by atoms with Gasteiger partial charge in [0.25, 0.3) is 5.91 Å². The molecule has 3 N–H and O–H groups in total. The van der Waals surface area contributed by atoms with Crippen molar-refractivity contribution in [2.45, 2.75) is 16.8 Å². The lowest BCUT2D eigenvalue weighted by Crippen LogP contribution is -2.11. The van der Waals surface area contributed by atoms with Crippen LogP contribution < -0.4 is 5.73 Å². The standard InChI is InChI=1S/C16H12F3N3O3S/c17-16(18,19)9-4-6-10(7-5-9)26(24,25)8-13-21-12-3-1-2-11(15(20)23)14(12)22-13/h1-7H,8H2,(H2,20,23)(H,21,22). The van der Waals surface area contributed by atoms with E-state index in [-0.39, 0.29) is 21.8 Å². The zero-order valence-electron chi connectivity index (χ0n) is 13.0. The molecule has 3 rings (SSSR count). The lowest BCUT2D eigenvalue weighted by molar-refractivity contribution is -0.137. The number of fused-ring (bicyclic) bond motifs is 1. The van der Waals surface area contributed by atoms with Crippen LogP contribution in [0.1, 0.15) is 21.7 Å². The number of carbonyl (C=O) groups excluding carboxylic acids is 1. The van der Waals surface area contributed by atoms with E-state index in [0.29, 0.717) is 17.6 Å². The number of halogens is 3. The van der Waals surface area contributed by atoms with Gasteiger partial charge in [0.2, 0.25) is 0 Å². The zero-order chi connectivity index (χ0) is 19.1. The molecule has 1 heterocycles. The summed E-state index contributed by atoms with van der Waals surface area (Å²) < 4.78 is 62.6. The van der Waals surface area contributed by atoms with E-state index in [1.165, 1.54) is 6.07 Å². The highest BCUT2D eigenvalue weighted by molar-refractivity contribution is 7.90. The number of sulfone groups is 1. The number of carbonyl (C=O) groups is 1. The molecule has 2 aromatic carbocycles. The number of H-pyrrole nitrogens is 1. The summed E-state index contributed by atoms with van der Waals surface area (Å²) in [6.45, 7) is 0. The third-order valence-corrected chi connectivity index (χ3v) is 5.34. The van der Waals surface area contributed by atoms with E-state index in [9.17, 15) is 26.4 Å². The number of nitrogens with zero attached hydrogens (tertiary/aromatic N) is 1. The first-order valence-corrected chi connectivity index (χ1v) is 8.90. The minimum atomic E-state index is -4.55. The molecule has 0 aliphatic heterocycles. The molecule has 0 fully saturated rings. The van der Waals surface area contributed by atoms with E-state index in [1.54, 1.807) is 12.1 Å². The number of nitrogens with one attached hydrogen (secondary N) is 1. The predicted molar refractivity (Wildman–Crippen MR) is 86.9 cm³/mol. The number of alkyl halides is 3. The minimum Gasteiger partial charge on any atom is -0.366 e. The average molecular weight is 383 g/mol. The van der Waals surface area contributed by atoms with Crippen molar-refractivity contribution < 1.29 is 26.4 Å². The summed E-state index contributed by atoms with van der Waals surface area (Å²) >= 11 is 0. The van der Waals surface area contributed by atoms with Crippen LogP contribution in [-0.2, 0) is 21.8 Å². The van der Waals surface area contributed by atoms with Crippen molar-refractivity contribution in [2.24, 2.45) is 5.73 Å². The second-order valence-electron chi connectivity index (χ2n) is 5.53. The van der Waals surface area contributed by atoms with Gasteiger partial charge in [0, 0.05) is 0 Å². The maximum Gasteiger partial charge on any atom is 0.416 e. The van der Waals surface area contributed by atoms with Gasteiger partial charge in [0.05, 0.1) is 21.5 Å². The highest BCUT2D eigenvalue weighted by atomic mass is 32.2. The molecule has 26 heavy (non-hydrogen) atoms. The Bertz CT molecular complexity index is 1090. The molecular weight excluding hydrogens is 371 g/mol. The Morgan fingerprint density at radius 3 is 2.35 bits per heavy atom. The summed E-state index contributed by atoms with van der Waals surface area (Å²) in [5.41, 5.74) is 5.11. The summed E-state index contributed by atoms with van der Waals surface area (Å²) in [4.78, 5) is 18.0. The number of aromatic amines is 1. The van der Waals surface area contributed by atoms with Crippen LogP contribution in [0.2, 0.25) is 0 Å². The van der Waals surface area contributed by atoms with Crippen LogP contribution >= 0.6 is 0 Å². The number of rotatable bonds is 4. The molecule has 0 radical (unpaired) electrons. The van der Waals surface area contributed by atoms with Crippen LogP contribution in [0.5, 0.6) is 0 Å². The number of benzene rings is 2. The van der Waals surface area contributed by atoms with Crippen LogP contribution in [0.25, 0.3) is 11.0 Å². The molecule has 6 nitrogen and oxygen atoms in total. The minimum absolute atomic E-state index is 0.0496. The van der Waals surface area contributed by atoms with Gasteiger partial charge >= 0.3 is 6.18 Å². The van der Waals surface area contributed by atoms with Crippen LogP contribution in [-0.4, -0.2) is 24.3 Å². The molecule has 0 saturated carbocycles. The van der Waals surface area contributed by atoms with Crippen molar-refractivity contribution in [3.63, 3.8) is 0 Å². The lowest BCUT2D eigenvalue weighted by Gasteiger charge is -2.07. The molecule has 0 aliphatic rings. The Labute approximate surface area is 145 Å². The van der Waals surface area contributed by atoms with E-state index < -0.39 is 33.2 Å². The van der Waals surface area contributed by atoms with Gasteiger partial charge in [-0.1, -0.05) is 6.07 Å². The fraction of sp³-hybridized carbons (Fsp3) is 0.125. The van der Waals surface area contributed by atoms with Gasteiger partial charge < -0.3 is 10.7 Å². The Hall–Kier alpha value is -2.88. The highest BCUT2D eigenvalue weighted by Crippen LogP contribution is 2.30. The van der Waals surface area contributed by atoms with Crippen molar-refractivity contribution >= 4 is 26.8 Å². The number of hydrogen-bond donors (Lipinski definition) is 2. The molecule has 10 heteroatoms. The molecule has 1 amide bonds. The van der Waals surface area contributed by atoms with E-state index in [0.717, 1.165) is 12.1 Å². The third-order valence-electron chi connectivity index (χ3n) is 3.69. The Morgan fingerprint density at radius 1 is 1.12 bits per heavy atom. The van der Waals surface area contributed by atoms with E-state index in [1.807, 2.05) is 0 Å². The molecule has 0 unspecified atom stereocenters. The van der Waals surface area contributed by atoms with Crippen molar-refractivity contribution in [3.8, 4) is 0 Å². The molecule has 0 saturated heterocycles. The quantitative estimate of drug-likeness (QED) is 0.722. The third kappa shape index (κ3) is 3.40. The molecule has 3 aromatic rings. The summed E-state index contributed by atoms with van der Waals surface area (Å²) in [5, 5.41) is 0. The van der Waals surface area contributed by atoms with Crippen molar-refractivity contribution in [1.29, 1.82) is 0 Å². The van der Waals surface area contributed by atoms with Gasteiger partial charge in [-0.25, -0.2) is 13.4 Å². The van der Waals surface area contributed by atoms with Gasteiger partial charge in [0.15, 0.2) is 9.84 Å². The Morgan fingerprint density at radius 2 is 1.77 bits per heavy atom. The summed E-state index contributed by atoms with van der Waals surface area (Å²) in [7, 11) is -3.93. The van der Waals surface area contributed by atoms with E-state index in [2.05, 4.69) is 9.97 Å². The first-order valence-electron chi connectivity index (χ1n) is 7.25. The average Bonchev–Trinajstić information content (AvgIpc) is 2.95. The molecule has 1 aromatic heterocycles. The SMILES string of the molecule is NC(=O)c1cccc2[nH]c(CS(=O)(=O)c3ccc(C(F)(F)F)cc3)nc12. The van der Waals surface area contributed by atoms with E-state index in [4.69, 9.17) is 5.73 Å². The topological polar surface area (TPSA) is 106 Å². The molecular formula is C16H12F3N3O3S. The number of primary amides is 1. The normalized spacial score (nSPS) is 12.4. The fourth-order valence-corrected chi connectivity index (χ4v) is 3.68. The zero-order valence-corrected chi connectivity index (χ0v) is 13.9. The van der Waals surface area contributed by atoms with Crippen molar-refractivity contribution in [3.05, 3.63) is 59.4 Å². The van der Waals surface area contributed by atoms with Gasteiger partial charge in [-0.15, -0.1) is 0 Å². The number of nitrogens with two attached hydrogens (primary N) is 1. The second-order valence-corrected chi connectivity index (χ2v) is 7.52. The lowest BCUT2D eigenvalue weighted by atomic mass is 10.2. The number of imidazole rings is 1. The first kappa shape index (κ1) is 17.9. The van der Waals surface area contributed by atoms with Crippen LogP contribution in [0.3, 0.4) is 0 Å². The van der Waals surface area contributed by atoms with Gasteiger partial charge in [0.1, 0.15) is 17.1 Å². The highest BCUT2D eigenvalue weighted by Gasteiger charge is 2.30.